The number of phenolic OH excluding ortho intramolecular Hbond substituents is 1. The number of benzene rings is 2. The van der Waals surface area contributed by atoms with Crippen LogP contribution in [-0.4, -0.2) is 46.1 Å². The third-order valence-electron chi connectivity index (χ3n) is 6.19. The first-order valence-electron chi connectivity index (χ1n) is 9.85. The van der Waals surface area contributed by atoms with Gasteiger partial charge in [-0.3, -0.25) is 0 Å². The second-order valence-electron chi connectivity index (χ2n) is 7.68. The van der Waals surface area contributed by atoms with Gasteiger partial charge >= 0.3 is 0 Å². The fourth-order valence-corrected chi connectivity index (χ4v) is 4.61. The first-order chi connectivity index (χ1) is 13.2. The fourth-order valence-electron chi connectivity index (χ4n) is 4.61. The van der Waals surface area contributed by atoms with Crippen LogP contribution in [-0.2, 0) is 0 Å². The topological polar surface area (TPSA) is 48.3 Å². The minimum atomic E-state index is -0.358. The maximum Gasteiger partial charge on any atom is 0.200 e. The normalized spacial score (nSPS) is 23.5. The van der Waals surface area contributed by atoms with E-state index in [4.69, 9.17) is 9.84 Å². The van der Waals surface area contributed by atoms with Gasteiger partial charge in [-0.1, -0.05) is 25.1 Å². The summed E-state index contributed by atoms with van der Waals surface area (Å²) in [4.78, 5) is 2.48. The Balaban J connectivity index is 1.54. The molecule has 0 radical (unpaired) electrons. The van der Waals surface area contributed by atoms with Gasteiger partial charge in [-0.2, -0.15) is 5.10 Å². The molecule has 5 nitrogen and oxygen atoms in total. The van der Waals surface area contributed by atoms with Crippen LogP contribution in [0.1, 0.15) is 43.4 Å². The summed E-state index contributed by atoms with van der Waals surface area (Å²) in [7, 11) is 0. The first kappa shape index (κ1) is 16.6. The van der Waals surface area contributed by atoms with Crippen LogP contribution < -0.4 is 4.74 Å². The van der Waals surface area contributed by atoms with E-state index in [2.05, 4.69) is 41.1 Å². The molecule has 5 heteroatoms. The van der Waals surface area contributed by atoms with Gasteiger partial charge < -0.3 is 14.7 Å². The number of nitrogens with zero attached hydrogens (tertiary/aromatic N) is 3. The van der Waals surface area contributed by atoms with Gasteiger partial charge in [0.2, 0.25) is 5.72 Å². The zero-order chi connectivity index (χ0) is 18.4. The van der Waals surface area contributed by atoms with Crippen LogP contribution in [0.15, 0.2) is 53.6 Å². The molecular formula is C22H25N3O2. The van der Waals surface area contributed by atoms with Gasteiger partial charge in [-0.05, 0) is 42.4 Å². The van der Waals surface area contributed by atoms with Crippen molar-refractivity contribution >= 4 is 5.71 Å². The molecule has 1 N–H and O–H groups in total. The molecule has 5 rings (SSSR count). The second kappa shape index (κ2) is 6.27. The van der Waals surface area contributed by atoms with E-state index >= 15 is 0 Å². The SMILES string of the molecule is CCN1CCC2(CC1)Oc1ccccc1[C@H]1CC(c3ccc(O)cc3)=NN12. The molecule has 1 atom stereocenters. The zero-order valence-electron chi connectivity index (χ0n) is 15.6. The Bertz CT molecular complexity index is 869. The molecular weight excluding hydrogens is 338 g/mol. The number of ether oxygens (including phenoxy) is 1. The molecule has 1 saturated heterocycles. The summed E-state index contributed by atoms with van der Waals surface area (Å²) in [6.07, 6.45) is 2.78. The Hall–Kier alpha value is -2.53. The third kappa shape index (κ3) is 2.69. The summed E-state index contributed by atoms with van der Waals surface area (Å²) >= 11 is 0. The maximum absolute atomic E-state index is 9.61. The number of aromatic hydroxyl groups is 1. The predicted octanol–water partition coefficient (Wildman–Crippen LogP) is 3.75. The Morgan fingerprint density at radius 3 is 2.59 bits per heavy atom. The van der Waals surface area contributed by atoms with Crippen LogP contribution in [0.4, 0.5) is 0 Å². The smallest absolute Gasteiger partial charge is 0.200 e. The number of para-hydroxylation sites is 1. The van der Waals surface area contributed by atoms with E-state index in [1.54, 1.807) is 12.1 Å². The molecule has 3 aliphatic rings. The lowest BCUT2D eigenvalue weighted by atomic mass is 9.91. The summed E-state index contributed by atoms with van der Waals surface area (Å²) in [6, 6.07) is 16.0. The summed E-state index contributed by atoms with van der Waals surface area (Å²) in [5, 5.41) is 16.9. The van der Waals surface area contributed by atoms with Crippen molar-refractivity contribution in [3.63, 3.8) is 0 Å². The second-order valence-corrected chi connectivity index (χ2v) is 7.68. The van der Waals surface area contributed by atoms with E-state index < -0.39 is 0 Å². The molecule has 0 saturated carbocycles. The summed E-state index contributed by atoms with van der Waals surface area (Å²) in [6.45, 7) is 5.37. The number of hydrazone groups is 1. The van der Waals surface area contributed by atoms with E-state index in [1.165, 1.54) is 5.56 Å². The Morgan fingerprint density at radius 1 is 1.11 bits per heavy atom. The minimum Gasteiger partial charge on any atom is -0.508 e. The lowest BCUT2D eigenvalue weighted by molar-refractivity contribution is -0.149. The third-order valence-corrected chi connectivity index (χ3v) is 6.19. The van der Waals surface area contributed by atoms with Gasteiger partial charge in [0.1, 0.15) is 11.5 Å². The summed E-state index contributed by atoms with van der Waals surface area (Å²) < 4.78 is 6.62. The van der Waals surface area contributed by atoms with Gasteiger partial charge in [0, 0.05) is 37.9 Å². The van der Waals surface area contributed by atoms with Crippen LogP contribution in [0.2, 0.25) is 0 Å². The number of hydrogen-bond donors (Lipinski definition) is 1. The van der Waals surface area contributed by atoms with Gasteiger partial charge in [-0.25, -0.2) is 5.01 Å². The number of fused-ring (bicyclic) bond motifs is 4. The van der Waals surface area contributed by atoms with Crippen molar-refractivity contribution in [3.05, 3.63) is 59.7 Å². The molecule has 0 aromatic heterocycles. The van der Waals surface area contributed by atoms with E-state index in [0.29, 0.717) is 0 Å². The molecule has 2 aromatic carbocycles. The zero-order valence-corrected chi connectivity index (χ0v) is 15.6. The number of hydrogen-bond acceptors (Lipinski definition) is 5. The maximum atomic E-state index is 9.61. The number of phenols is 1. The average molecular weight is 363 g/mol. The van der Waals surface area contributed by atoms with Gasteiger partial charge in [0.25, 0.3) is 0 Å². The predicted molar refractivity (Wildman–Crippen MR) is 105 cm³/mol. The minimum absolute atomic E-state index is 0.215. The highest BCUT2D eigenvalue weighted by molar-refractivity contribution is 6.02. The molecule has 0 aliphatic carbocycles. The van der Waals surface area contributed by atoms with E-state index in [9.17, 15) is 5.11 Å². The van der Waals surface area contributed by atoms with Crippen molar-refractivity contribution in [3.8, 4) is 11.5 Å². The summed E-state index contributed by atoms with van der Waals surface area (Å²) in [5.74, 6) is 1.29. The largest absolute Gasteiger partial charge is 0.508 e. The summed E-state index contributed by atoms with van der Waals surface area (Å²) in [5.41, 5.74) is 3.00. The van der Waals surface area contributed by atoms with Crippen LogP contribution in [0.25, 0.3) is 0 Å². The highest BCUT2D eigenvalue weighted by Crippen LogP contribution is 2.49. The first-order valence-corrected chi connectivity index (χ1v) is 9.85. The average Bonchev–Trinajstić information content (AvgIpc) is 3.16. The van der Waals surface area contributed by atoms with Crippen LogP contribution >= 0.6 is 0 Å². The molecule has 0 bridgehead atoms. The Morgan fingerprint density at radius 2 is 1.85 bits per heavy atom. The van der Waals surface area contributed by atoms with E-state index in [0.717, 1.165) is 55.9 Å². The lowest BCUT2D eigenvalue weighted by Crippen LogP contribution is -2.59. The van der Waals surface area contributed by atoms with E-state index in [-0.39, 0.29) is 17.5 Å². The van der Waals surface area contributed by atoms with Crippen molar-refractivity contribution in [1.29, 1.82) is 0 Å². The van der Waals surface area contributed by atoms with Crippen molar-refractivity contribution in [2.75, 3.05) is 19.6 Å². The highest BCUT2D eigenvalue weighted by atomic mass is 16.5. The van der Waals surface area contributed by atoms with Crippen molar-refractivity contribution in [2.24, 2.45) is 5.10 Å². The molecule has 1 spiro atoms. The number of piperidine rings is 1. The Labute approximate surface area is 159 Å². The van der Waals surface area contributed by atoms with Crippen LogP contribution in [0.5, 0.6) is 11.5 Å². The quantitative estimate of drug-likeness (QED) is 0.883. The van der Waals surface area contributed by atoms with Crippen molar-refractivity contribution in [1.82, 2.24) is 9.91 Å². The molecule has 1 fully saturated rings. The van der Waals surface area contributed by atoms with Gasteiger partial charge in [0.15, 0.2) is 0 Å². The number of rotatable bonds is 2. The molecule has 27 heavy (non-hydrogen) atoms. The lowest BCUT2D eigenvalue weighted by Gasteiger charge is -2.51. The molecule has 0 unspecified atom stereocenters. The van der Waals surface area contributed by atoms with Crippen molar-refractivity contribution < 1.29 is 9.84 Å². The molecule has 3 heterocycles. The van der Waals surface area contributed by atoms with E-state index in [1.807, 2.05) is 12.1 Å². The number of likely N-dealkylation sites (tertiary alicyclic amines) is 1. The van der Waals surface area contributed by atoms with Crippen LogP contribution in [0, 0.1) is 0 Å². The molecule has 0 amide bonds. The molecule has 140 valence electrons. The monoisotopic (exact) mass is 363 g/mol. The highest BCUT2D eigenvalue weighted by Gasteiger charge is 2.51. The standard InChI is InChI=1S/C22H25N3O2/c1-2-24-13-11-22(12-14-24)25-20(18-5-3-4-6-21(18)27-22)15-19(23-25)16-7-9-17(26)10-8-16/h3-10,20,26H,2,11-15H2,1H3/t20-/m1/s1. The van der Waals surface area contributed by atoms with Gasteiger partial charge in [-0.15, -0.1) is 0 Å². The fraction of sp³-hybridized carbons (Fsp3) is 0.409. The molecule has 2 aromatic rings. The Kier molecular flexibility index (Phi) is 3.86. The van der Waals surface area contributed by atoms with Crippen LogP contribution in [0.3, 0.4) is 0 Å². The molecule has 3 aliphatic heterocycles. The van der Waals surface area contributed by atoms with Crippen molar-refractivity contribution in [2.45, 2.75) is 38.0 Å². The van der Waals surface area contributed by atoms with Gasteiger partial charge in [0.05, 0.1) is 11.8 Å².